The minimum atomic E-state index is -3.88. The molecule has 0 radical (unpaired) electrons. The molecule has 2 aliphatic rings. The van der Waals surface area contributed by atoms with Crippen molar-refractivity contribution in [2.75, 3.05) is 36.4 Å². The lowest BCUT2D eigenvalue weighted by molar-refractivity contribution is 0.102. The Morgan fingerprint density at radius 2 is 1.51 bits per heavy atom. The molecular formula is C29H30N6O3S. The van der Waals surface area contributed by atoms with Crippen molar-refractivity contribution in [3.8, 4) is 0 Å². The van der Waals surface area contributed by atoms with E-state index in [0.29, 0.717) is 29.9 Å². The first kappa shape index (κ1) is 25.3. The van der Waals surface area contributed by atoms with E-state index in [1.807, 2.05) is 18.2 Å². The predicted molar refractivity (Wildman–Crippen MR) is 150 cm³/mol. The van der Waals surface area contributed by atoms with Crippen molar-refractivity contribution < 1.29 is 13.2 Å². The number of carbonyl (C=O) groups excluding carboxylic acids is 1. The first-order valence-electron chi connectivity index (χ1n) is 13.0. The van der Waals surface area contributed by atoms with Gasteiger partial charge >= 0.3 is 0 Å². The monoisotopic (exact) mass is 542 g/mol. The van der Waals surface area contributed by atoms with E-state index >= 15 is 0 Å². The second-order valence-corrected chi connectivity index (χ2v) is 11.6. The number of anilines is 2. The number of aromatic nitrogens is 2. The first-order valence-corrected chi connectivity index (χ1v) is 14.5. The highest BCUT2D eigenvalue weighted by molar-refractivity contribution is 7.89. The van der Waals surface area contributed by atoms with Crippen LogP contribution in [0.1, 0.15) is 27.2 Å². The quantitative estimate of drug-likeness (QED) is 0.370. The Bertz CT molecular complexity index is 1560. The van der Waals surface area contributed by atoms with Crippen LogP contribution in [0.2, 0.25) is 0 Å². The Morgan fingerprint density at radius 3 is 2.21 bits per heavy atom. The van der Waals surface area contributed by atoms with Crippen LogP contribution in [0.25, 0.3) is 0 Å². The van der Waals surface area contributed by atoms with Gasteiger partial charge in [-0.3, -0.25) is 9.69 Å². The van der Waals surface area contributed by atoms with Crippen LogP contribution in [0.3, 0.4) is 0 Å². The molecule has 3 heterocycles. The van der Waals surface area contributed by atoms with Crippen molar-refractivity contribution in [3.63, 3.8) is 0 Å². The highest BCUT2D eigenvalue weighted by atomic mass is 32.2. The lowest BCUT2D eigenvalue weighted by Gasteiger charge is -2.36. The molecule has 10 heteroatoms. The fourth-order valence-electron chi connectivity index (χ4n) is 5.13. The SMILES string of the molecule is O=C(Nc1nn(S(=O)(=O)c2ccccc2)c2c1CNC2)c1ccc(N2CCN(Cc3ccccc3)CC2)cc1. The molecule has 9 nitrogen and oxygen atoms in total. The van der Waals surface area contributed by atoms with E-state index in [1.165, 1.54) is 17.7 Å². The molecule has 0 saturated carbocycles. The fourth-order valence-corrected chi connectivity index (χ4v) is 6.49. The van der Waals surface area contributed by atoms with Crippen LogP contribution in [-0.4, -0.2) is 54.6 Å². The van der Waals surface area contributed by atoms with E-state index in [4.69, 9.17) is 0 Å². The maximum Gasteiger partial charge on any atom is 0.283 e. The number of benzene rings is 3. The van der Waals surface area contributed by atoms with Gasteiger partial charge in [0.1, 0.15) is 0 Å². The summed E-state index contributed by atoms with van der Waals surface area (Å²) >= 11 is 0. The lowest BCUT2D eigenvalue weighted by Crippen LogP contribution is -2.45. The van der Waals surface area contributed by atoms with Crippen LogP contribution in [0.15, 0.2) is 89.8 Å². The Labute approximate surface area is 228 Å². The van der Waals surface area contributed by atoms with Gasteiger partial charge in [-0.1, -0.05) is 48.5 Å². The number of nitrogens with one attached hydrogen (secondary N) is 2. The van der Waals surface area contributed by atoms with Crippen LogP contribution in [0, 0.1) is 0 Å². The Morgan fingerprint density at radius 1 is 0.846 bits per heavy atom. The van der Waals surface area contributed by atoms with Crippen LogP contribution in [0.5, 0.6) is 0 Å². The number of hydrogen-bond donors (Lipinski definition) is 2. The summed E-state index contributed by atoms with van der Waals surface area (Å²) in [5.41, 5.74) is 4.12. The van der Waals surface area contributed by atoms with Gasteiger partial charge in [0.15, 0.2) is 5.82 Å². The van der Waals surface area contributed by atoms with Crippen molar-refractivity contribution in [2.24, 2.45) is 0 Å². The molecule has 6 rings (SSSR count). The van der Waals surface area contributed by atoms with Crippen LogP contribution < -0.4 is 15.5 Å². The predicted octanol–water partition coefficient (Wildman–Crippen LogP) is 3.30. The third-order valence-corrected chi connectivity index (χ3v) is 8.89. The number of hydrogen-bond acceptors (Lipinski definition) is 7. The molecule has 200 valence electrons. The van der Waals surface area contributed by atoms with Crippen LogP contribution in [0.4, 0.5) is 11.5 Å². The minimum Gasteiger partial charge on any atom is -0.369 e. The summed E-state index contributed by atoms with van der Waals surface area (Å²) in [7, 11) is -3.88. The normalized spacial score (nSPS) is 15.7. The maximum absolute atomic E-state index is 13.2. The van der Waals surface area contributed by atoms with E-state index in [-0.39, 0.29) is 16.6 Å². The zero-order valence-electron chi connectivity index (χ0n) is 21.5. The topological polar surface area (TPSA) is 99.6 Å². The van der Waals surface area contributed by atoms with Crippen molar-refractivity contribution >= 4 is 27.4 Å². The summed E-state index contributed by atoms with van der Waals surface area (Å²) in [4.78, 5) is 18.0. The van der Waals surface area contributed by atoms with Gasteiger partial charge in [0.25, 0.3) is 15.9 Å². The molecule has 1 amide bonds. The largest absolute Gasteiger partial charge is 0.369 e. The molecule has 0 spiro atoms. The van der Waals surface area contributed by atoms with Crippen molar-refractivity contribution in [3.05, 3.63) is 107 Å². The first-order chi connectivity index (χ1) is 19.0. The Balaban J connectivity index is 1.12. The molecule has 3 aromatic carbocycles. The standard InChI is InChI=1S/C29H30N6O3S/c36-29(31-28-26-19-30-20-27(26)35(32-28)39(37,38)25-9-5-2-6-10-25)23-11-13-24(14-12-23)34-17-15-33(16-18-34)21-22-7-3-1-4-8-22/h1-14,30H,15-21H2,(H,31,32,36). The minimum absolute atomic E-state index is 0.150. The van der Waals surface area contributed by atoms with Gasteiger partial charge in [-0.05, 0) is 42.0 Å². The number of carbonyl (C=O) groups is 1. The number of amides is 1. The van der Waals surface area contributed by atoms with Crippen LogP contribution >= 0.6 is 0 Å². The smallest absolute Gasteiger partial charge is 0.283 e. The van der Waals surface area contributed by atoms with Gasteiger partial charge in [-0.25, -0.2) is 0 Å². The van der Waals surface area contributed by atoms with Gasteiger partial charge < -0.3 is 15.5 Å². The number of nitrogens with zero attached hydrogens (tertiary/aromatic N) is 4. The zero-order valence-corrected chi connectivity index (χ0v) is 22.3. The third-order valence-electron chi connectivity index (χ3n) is 7.27. The molecule has 0 bridgehead atoms. The third kappa shape index (κ3) is 5.18. The van der Waals surface area contributed by atoms with E-state index in [1.54, 1.807) is 30.3 Å². The molecule has 0 unspecified atom stereocenters. The molecule has 4 aromatic rings. The van der Waals surface area contributed by atoms with Gasteiger partial charge in [0.2, 0.25) is 0 Å². The average Bonchev–Trinajstić information content (AvgIpc) is 3.59. The summed E-state index contributed by atoms with van der Waals surface area (Å²) in [6, 6.07) is 26.2. The molecule has 2 N–H and O–H groups in total. The molecule has 0 aliphatic carbocycles. The van der Waals surface area contributed by atoms with Gasteiger partial charge in [-0.15, -0.1) is 5.10 Å². The summed E-state index contributed by atoms with van der Waals surface area (Å²) in [5.74, 6) is -0.0659. The molecule has 2 aliphatic heterocycles. The van der Waals surface area contributed by atoms with Crippen LogP contribution in [-0.2, 0) is 29.7 Å². The number of fused-ring (bicyclic) bond motifs is 1. The second kappa shape index (κ2) is 10.6. The zero-order chi connectivity index (χ0) is 26.8. The Hall–Kier alpha value is -3.99. The van der Waals surface area contributed by atoms with E-state index < -0.39 is 10.0 Å². The average molecular weight is 543 g/mol. The van der Waals surface area contributed by atoms with Crippen molar-refractivity contribution in [1.29, 1.82) is 0 Å². The second-order valence-electron chi connectivity index (χ2n) is 9.79. The van der Waals surface area contributed by atoms with Gasteiger partial charge in [0.05, 0.1) is 10.6 Å². The molecule has 1 aromatic heterocycles. The summed E-state index contributed by atoms with van der Waals surface area (Å²) in [6.07, 6.45) is 0. The maximum atomic E-state index is 13.2. The molecule has 1 fully saturated rings. The molecule has 1 saturated heterocycles. The summed E-state index contributed by atoms with van der Waals surface area (Å²) in [6.45, 7) is 5.54. The number of rotatable bonds is 7. The van der Waals surface area contributed by atoms with Crippen molar-refractivity contribution in [2.45, 2.75) is 24.5 Å². The Kier molecular flexibility index (Phi) is 6.90. The van der Waals surface area contributed by atoms with Crippen molar-refractivity contribution in [1.82, 2.24) is 19.4 Å². The number of piperazine rings is 1. The summed E-state index contributed by atoms with van der Waals surface area (Å²) < 4.78 is 27.5. The van der Waals surface area contributed by atoms with E-state index in [9.17, 15) is 13.2 Å². The highest BCUT2D eigenvalue weighted by Crippen LogP contribution is 2.28. The molecular weight excluding hydrogens is 512 g/mol. The summed E-state index contributed by atoms with van der Waals surface area (Å²) in [5, 5.41) is 10.3. The molecule has 39 heavy (non-hydrogen) atoms. The van der Waals surface area contributed by atoms with Gasteiger partial charge in [-0.2, -0.15) is 12.5 Å². The molecule has 0 atom stereocenters. The lowest BCUT2D eigenvalue weighted by atomic mass is 10.1. The van der Waals surface area contributed by atoms with E-state index in [2.05, 4.69) is 49.8 Å². The van der Waals surface area contributed by atoms with E-state index in [0.717, 1.165) is 42.5 Å². The van der Waals surface area contributed by atoms with Gasteiger partial charge in [0, 0.05) is 62.6 Å². The fraction of sp³-hybridized carbons (Fsp3) is 0.241. The highest BCUT2D eigenvalue weighted by Gasteiger charge is 2.30.